The van der Waals surface area contributed by atoms with Crippen LogP contribution >= 0.6 is 0 Å². The number of rotatable bonds is 5. The van der Waals surface area contributed by atoms with E-state index in [-0.39, 0.29) is 22.7 Å². The van der Waals surface area contributed by atoms with Gasteiger partial charge in [-0.25, -0.2) is 8.42 Å². The summed E-state index contributed by atoms with van der Waals surface area (Å²) in [6.07, 6.45) is 2.22. The van der Waals surface area contributed by atoms with Crippen molar-refractivity contribution >= 4 is 21.7 Å². The van der Waals surface area contributed by atoms with Gasteiger partial charge < -0.3 is 9.57 Å². The second kappa shape index (κ2) is 7.92. The third kappa shape index (κ3) is 4.54. The number of nitrogens with zero attached hydrogens (tertiary/aromatic N) is 1. The number of carbonyl (C=O) groups is 1. The van der Waals surface area contributed by atoms with Gasteiger partial charge in [-0.3, -0.25) is 4.79 Å². The summed E-state index contributed by atoms with van der Waals surface area (Å²) in [5.41, 5.74) is 2.74. The maximum absolute atomic E-state index is 11.8. The third-order valence-corrected chi connectivity index (χ3v) is 5.40. The lowest BCUT2D eigenvalue weighted by Gasteiger charge is -2.12. The molecule has 0 radical (unpaired) electrons. The molecule has 2 aromatic carbocycles. The van der Waals surface area contributed by atoms with Crippen molar-refractivity contribution < 1.29 is 22.8 Å². The quantitative estimate of drug-likeness (QED) is 0.733. The van der Waals surface area contributed by atoms with Crippen molar-refractivity contribution in [3.05, 3.63) is 54.1 Å². The largest absolute Gasteiger partial charge is 0.407 e. The zero-order chi connectivity index (χ0) is 19.4. The second-order valence-electron chi connectivity index (χ2n) is 6.42. The van der Waals surface area contributed by atoms with Crippen molar-refractivity contribution in [1.29, 1.82) is 0 Å². The highest BCUT2D eigenvalue weighted by molar-refractivity contribution is 7.90. The molecule has 142 valence electrons. The number of sulfone groups is 1. The summed E-state index contributed by atoms with van der Waals surface area (Å²) in [6, 6.07) is 14.5. The van der Waals surface area contributed by atoms with E-state index in [1.165, 1.54) is 6.26 Å². The van der Waals surface area contributed by atoms with Gasteiger partial charge in [0.1, 0.15) is 12.5 Å². The highest BCUT2D eigenvalue weighted by atomic mass is 32.2. The first-order valence-electron chi connectivity index (χ1n) is 8.69. The van der Waals surface area contributed by atoms with E-state index < -0.39 is 9.84 Å². The minimum atomic E-state index is -3.23. The van der Waals surface area contributed by atoms with Crippen LogP contribution in [-0.4, -0.2) is 33.1 Å². The Morgan fingerprint density at radius 3 is 2.59 bits per heavy atom. The smallest absolute Gasteiger partial charge is 0.312 e. The zero-order valence-electron chi connectivity index (χ0n) is 15.2. The number of esters is 1. The molecule has 1 atom stereocenters. The Morgan fingerprint density at radius 1 is 1.19 bits per heavy atom. The molecule has 0 saturated carbocycles. The van der Waals surface area contributed by atoms with E-state index >= 15 is 0 Å². The van der Waals surface area contributed by atoms with E-state index in [0.29, 0.717) is 19.4 Å². The van der Waals surface area contributed by atoms with Crippen molar-refractivity contribution in [3.63, 3.8) is 0 Å². The molecule has 0 amide bonds. The molecule has 0 aromatic heterocycles. The van der Waals surface area contributed by atoms with E-state index in [2.05, 4.69) is 5.16 Å². The van der Waals surface area contributed by atoms with Gasteiger partial charge in [-0.15, -0.1) is 0 Å². The van der Waals surface area contributed by atoms with E-state index in [0.717, 1.165) is 16.7 Å². The fraction of sp³-hybridized carbons (Fsp3) is 0.300. The lowest BCUT2D eigenvalue weighted by Crippen LogP contribution is -2.18. The van der Waals surface area contributed by atoms with Crippen LogP contribution < -0.4 is 0 Å². The molecule has 1 aliphatic rings. The van der Waals surface area contributed by atoms with Gasteiger partial charge in [0.2, 0.25) is 5.90 Å². The van der Waals surface area contributed by atoms with E-state index in [1.807, 2.05) is 31.2 Å². The molecule has 1 heterocycles. The monoisotopic (exact) mass is 387 g/mol. The molecule has 0 bridgehead atoms. The molecule has 0 aliphatic carbocycles. The lowest BCUT2D eigenvalue weighted by atomic mass is 9.95. The van der Waals surface area contributed by atoms with Crippen molar-refractivity contribution in [2.75, 3.05) is 12.9 Å². The van der Waals surface area contributed by atoms with Crippen molar-refractivity contribution in [1.82, 2.24) is 0 Å². The topological polar surface area (TPSA) is 82.0 Å². The molecule has 27 heavy (non-hydrogen) atoms. The molecule has 0 saturated heterocycles. The first kappa shape index (κ1) is 19.1. The van der Waals surface area contributed by atoms with Crippen molar-refractivity contribution in [2.24, 2.45) is 5.16 Å². The summed E-state index contributed by atoms with van der Waals surface area (Å²) in [5.74, 6) is -0.293. The summed E-state index contributed by atoms with van der Waals surface area (Å²) in [4.78, 5) is 17.2. The summed E-state index contributed by atoms with van der Waals surface area (Å²) < 4.78 is 28.6. The fourth-order valence-corrected chi connectivity index (χ4v) is 3.47. The minimum Gasteiger partial charge on any atom is -0.407 e. The molecule has 0 fully saturated rings. The third-order valence-electron chi connectivity index (χ3n) is 4.27. The van der Waals surface area contributed by atoms with Crippen LogP contribution in [0.25, 0.3) is 11.1 Å². The highest BCUT2D eigenvalue weighted by Crippen LogP contribution is 2.29. The number of hydrogen-bond acceptors (Lipinski definition) is 6. The average Bonchev–Trinajstić information content (AvgIpc) is 3.09. The Balaban J connectivity index is 1.83. The molecule has 7 heteroatoms. The molecule has 2 aromatic rings. The Bertz CT molecular complexity index is 964. The fourth-order valence-electron chi connectivity index (χ4n) is 2.84. The standard InChI is InChI=1S/C20H21NO5S/c1-3-5-19(22)26-20-18(13-25-21-20)16-7-4-6-15(12-16)14-8-10-17(11-9-14)27(2,23)24/h4,6-12,18H,3,5,13H2,1-2H3. The Hall–Kier alpha value is -2.67. The maximum atomic E-state index is 11.8. The summed E-state index contributed by atoms with van der Waals surface area (Å²) in [6.45, 7) is 2.22. The van der Waals surface area contributed by atoms with Gasteiger partial charge in [0.15, 0.2) is 9.84 Å². The first-order valence-corrected chi connectivity index (χ1v) is 10.6. The van der Waals surface area contributed by atoms with Gasteiger partial charge in [0.25, 0.3) is 0 Å². The van der Waals surface area contributed by atoms with Gasteiger partial charge in [0, 0.05) is 12.7 Å². The highest BCUT2D eigenvalue weighted by Gasteiger charge is 2.29. The lowest BCUT2D eigenvalue weighted by molar-refractivity contribution is -0.135. The number of carbonyl (C=O) groups excluding carboxylic acids is 1. The number of ether oxygens (including phenoxy) is 1. The Kier molecular flexibility index (Phi) is 5.60. The Labute approximate surface area is 158 Å². The summed E-state index contributed by atoms with van der Waals surface area (Å²) in [5, 5.41) is 3.86. The van der Waals surface area contributed by atoms with Gasteiger partial charge in [-0.1, -0.05) is 48.5 Å². The van der Waals surface area contributed by atoms with Crippen LogP contribution in [0.3, 0.4) is 0 Å². The van der Waals surface area contributed by atoms with Gasteiger partial charge >= 0.3 is 5.97 Å². The summed E-state index contributed by atoms with van der Waals surface area (Å²) >= 11 is 0. The predicted octanol–water partition coefficient (Wildman–Crippen LogP) is 3.53. The molecule has 0 N–H and O–H groups in total. The van der Waals surface area contributed by atoms with Gasteiger partial charge in [-0.2, -0.15) is 0 Å². The Morgan fingerprint density at radius 2 is 1.93 bits per heavy atom. The van der Waals surface area contributed by atoms with Crippen LogP contribution in [0.1, 0.15) is 31.2 Å². The van der Waals surface area contributed by atoms with Crippen LogP contribution in [0.2, 0.25) is 0 Å². The average molecular weight is 387 g/mol. The molecular formula is C20H21NO5S. The first-order chi connectivity index (χ1) is 12.9. The van der Waals surface area contributed by atoms with Crippen LogP contribution in [0.15, 0.2) is 58.6 Å². The maximum Gasteiger partial charge on any atom is 0.312 e. The molecule has 1 unspecified atom stereocenters. The number of hydrogen-bond donors (Lipinski definition) is 0. The summed E-state index contributed by atoms with van der Waals surface area (Å²) in [7, 11) is -3.23. The second-order valence-corrected chi connectivity index (χ2v) is 8.44. The number of oxime groups is 1. The molecular weight excluding hydrogens is 366 g/mol. The van der Waals surface area contributed by atoms with E-state index in [1.54, 1.807) is 24.3 Å². The molecule has 1 aliphatic heterocycles. The van der Waals surface area contributed by atoms with Crippen LogP contribution in [-0.2, 0) is 24.2 Å². The van der Waals surface area contributed by atoms with Crippen LogP contribution in [0.5, 0.6) is 0 Å². The van der Waals surface area contributed by atoms with Crippen LogP contribution in [0, 0.1) is 0 Å². The van der Waals surface area contributed by atoms with Crippen molar-refractivity contribution in [2.45, 2.75) is 30.6 Å². The normalized spacial score (nSPS) is 16.5. The molecule has 0 spiro atoms. The molecule has 6 nitrogen and oxygen atoms in total. The molecule has 3 rings (SSSR count). The van der Waals surface area contributed by atoms with Gasteiger partial charge in [-0.05, 0) is 35.2 Å². The van der Waals surface area contributed by atoms with Crippen LogP contribution in [0.4, 0.5) is 0 Å². The SMILES string of the molecule is CCCC(=O)OC1=NOCC1c1cccc(-c2ccc(S(C)(=O)=O)cc2)c1. The van der Waals surface area contributed by atoms with Gasteiger partial charge in [0.05, 0.1) is 4.90 Å². The predicted molar refractivity (Wildman–Crippen MR) is 102 cm³/mol. The minimum absolute atomic E-state index is 0.249. The van der Waals surface area contributed by atoms with E-state index in [4.69, 9.17) is 9.57 Å². The van der Waals surface area contributed by atoms with E-state index in [9.17, 15) is 13.2 Å². The van der Waals surface area contributed by atoms with Crippen molar-refractivity contribution in [3.8, 4) is 11.1 Å². The number of benzene rings is 2. The zero-order valence-corrected chi connectivity index (χ0v) is 16.0.